The first-order chi connectivity index (χ1) is 9.15. The molecule has 5 heteroatoms. The lowest BCUT2D eigenvalue weighted by atomic mass is 10.1. The Bertz CT molecular complexity index is 644. The smallest absolute Gasteiger partial charge is 0.254 e. The second-order valence-electron chi connectivity index (χ2n) is 4.81. The van der Waals surface area contributed by atoms with E-state index in [-0.39, 0.29) is 11.9 Å². The van der Waals surface area contributed by atoms with Crippen LogP contribution in [0.2, 0.25) is 5.15 Å². The quantitative estimate of drug-likeness (QED) is 0.811. The van der Waals surface area contributed by atoms with Gasteiger partial charge < -0.3 is 10.6 Å². The van der Waals surface area contributed by atoms with Crippen molar-refractivity contribution in [3.8, 4) is 0 Å². The van der Waals surface area contributed by atoms with E-state index in [0.29, 0.717) is 23.8 Å². The number of fused-ring (bicyclic) bond motifs is 1. The molecule has 0 bridgehead atoms. The van der Waals surface area contributed by atoms with Gasteiger partial charge in [-0.3, -0.25) is 4.79 Å². The summed E-state index contributed by atoms with van der Waals surface area (Å²) >= 11 is 6.00. The fourth-order valence-electron chi connectivity index (χ4n) is 2.46. The van der Waals surface area contributed by atoms with E-state index in [0.717, 1.165) is 17.3 Å². The first-order valence-corrected chi connectivity index (χ1v) is 6.63. The molecule has 0 radical (unpaired) electrons. The number of amides is 1. The highest BCUT2D eigenvalue weighted by molar-refractivity contribution is 6.30. The Labute approximate surface area is 116 Å². The lowest BCUT2D eigenvalue weighted by Gasteiger charge is -2.17. The van der Waals surface area contributed by atoms with Crippen molar-refractivity contribution < 1.29 is 4.79 Å². The number of pyridine rings is 1. The summed E-state index contributed by atoms with van der Waals surface area (Å²) in [6.45, 7) is 1.31. The first kappa shape index (κ1) is 12.4. The molecule has 1 fully saturated rings. The molecule has 1 aromatic heterocycles. The van der Waals surface area contributed by atoms with Crippen LogP contribution in [0, 0.1) is 0 Å². The highest BCUT2D eigenvalue weighted by Gasteiger charge is 2.26. The highest BCUT2D eigenvalue weighted by atomic mass is 35.5. The summed E-state index contributed by atoms with van der Waals surface area (Å²) in [6, 6.07) is 9.23. The van der Waals surface area contributed by atoms with Crippen LogP contribution >= 0.6 is 11.6 Å². The maximum absolute atomic E-state index is 12.5. The number of nitrogens with zero attached hydrogens (tertiary/aromatic N) is 2. The summed E-state index contributed by atoms with van der Waals surface area (Å²) in [4.78, 5) is 18.6. The van der Waals surface area contributed by atoms with Crippen LogP contribution in [-0.2, 0) is 0 Å². The van der Waals surface area contributed by atoms with E-state index in [9.17, 15) is 4.79 Å². The lowest BCUT2D eigenvalue weighted by molar-refractivity contribution is 0.0793. The summed E-state index contributed by atoms with van der Waals surface area (Å²) in [6.07, 6.45) is 0.850. The molecular formula is C14H14ClN3O. The van der Waals surface area contributed by atoms with Crippen molar-refractivity contribution in [2.45, 2.75) is 12.5 Å². The molecule has 1 atom stereocenters. The van der Waals surface area contributed by atoms with Gasteiger partial charge in [-0.05, 0) is 18.6 Å². The summed E-state index contributed by atoms with van der Waals surface area (Å²) in [5.74, 6) is -0.0200. The fraction of sp³-hybridized carbons (Fsp3) is 0.286. The number of carbonyl (C=O) groups excluding carboxylic acids is 1. The van der Waals surface area contributed by atoms with Gasteiger partial charge in [0.15, 0.2) is 0 Å². The Hall–Kier alpha value is -1.65. The first-order valence-electron chi connectivity index (χ1n) is 6.25. The molecule has 1 saturated heterocycles. The largest absolute Gasteiger partial charge is 0.337 e. The molecule has 4 nitrogen and oxygen atoms in total. The number of para-hydroxylation sites is 1. The second-order valence-corrected chi connectivity index (χ2v) is 5.20. The molecule has 0 spiro atoms. The van der Waals surface area contributed by atoms with Gasteiger partial charge in [0.2, 0.25) is 0 Å². The molecule has 1 amide bonds. The number of benzene rings is 1. The number of nitrogens with two attached hydrogens (primary N) is 1. The predicted molar refractivity (Wildman–Crippen MR) is 75.2 cm³/mol. The molecule has 0 aliphatic carbocycles. The zero-order valence-corrected chi connectivity index (χ0v) is 11.1. The SMILES string of the molecule is N[C@H]1CCN(C(=O)c2cc(Cl)nc3ccccc23)C1. The van der Waals surface area contributed by atoms with Crippen LogP contribution < -0.4 is 5.73 Å². The third kappa shape index (κ3) is 2.29. The van der Waals surface area contributed by atoms with Crippen molar-refractivity contribution in [3.63, 3.8) is 0 Å². The minimum Gasteiger partial charge on any atom is -0.337 e. The highest BCUT2D eigenvalue weighted by Crippen LogP contribution is 2.23. The molecule has 2 heterocycles. The van der Waals surface area contributed by atoms with E-state index in [2.05, 4.69) is 4.98 Å². The maximum atomic E-state index is 12.5. The van der Waals surface area contributed by atoms with Gasteiger partial charge in [-0.15, -0.1) is 0 Å². The third-order valence-corrected chi connectivity index (χ3v) is 3.62. The van der Waals surface area contributed by atoms with Crippen LogP contribution in [0.3, 0.4) is 0 Å². The summed E-state index contributed by atoms with van der Waals surface area (Å²) in [5, 5.41) is 1.17. The van der Waals surface area contributed by atoms with E-state index in [4.69, 9.17) is 17.3 Å². The molecular weight excluding hydrogens is 262 g/mol. The molecule has 0 unspecified atom stereocenters. The Balaban J connectivity index is 2.06. The van der Waals surface area contributed by atoms with E-state index >= 15 is 0 Å². The van der Waals surface area contributed by atoms with Crippen LogP contribution in [0.1, 0.15) is 16.8 Å². The van der Waals surface area contributed by atoms with Gasteiger partial charge >= 0.3 is 0 Å². The topological polar surface area (TPSA) is 59.2 Å². The van der Waals surface area contributed by atoms with E-state index in [1.807, 2.05) is 24.3 Å². The van der Waals surface area contributed by atoms with Crippen molar-refractivity contribution >= 4 is 28.4 Å². The van der Waals surface area contributed by atoms with E-state index in [1.54, 1.807) is 11.0 Å². The van der Waals surface area contributed by atoms with Gasteiger partial charge in [0.25, 0.3) is 5.91 Å². The Morgan fingerprint density at radius 3 is 2.95 bits per heavy atom. The average molecular weight is 276 g/mol. The number of hydrogen-bond acceptors (Lipinski definition) is 3. The summed E-state index contributed by atoms with van der Waals surface area (Å²) in [5.41, 5.74) is 7.19. The molecule has 98 valence electrons. The van der Waals surface area contributed by atoms with Crippen molar-refractivity contribution in [1.29, 1.82) is 0 Å². The molecule has 0 saturated carbocycles. The van der Waals surface area contributed by atoms with Crippen LogP contribution in [0.15, 0.2) is 30.3 Å². The zero-order chi connectivity index (χ0) is 13.4. The van der Waals surface area contributed by atoms with Crippen LogP contribution in [0.25, 0.3) is 10.9 Å². The standard InChI is InChI=1S/C14H14ClN3O/c15-13-7-11(10-3-1-2-4-12(10)17-13)14(19)18-6-5-9(16)8-18/h1-4,7,9H,5-6,8,16H2/t9-/m0/s1. The van der Waals surface area contributed by atoms with Crippen molar-refractivity contribution in [2.24, 2.45) is 5.73 Å². The van der Waals surface area contributed by atoms with E-state index in [1.165, 1.54) is 0 Å². The van der Waals surface area contributed by atoms with Crippen LogP contribution in [0.5, 0.6) is 0 Å². The van der Waals surface area contributed by atoms with Crippen molar-refractivity contribution in [2.75, 3.05) is 13.1 Å². The third-order valence-electron chi connectivity index (χ3n) is 3.43. The summed E-state index contributed by atoms with van der Waals surface area (Å²) < 4.78 is 0. The van der Waals surface area contributed by atoms with Crippen LogP contribution in [-0.4, -0.2) is 34.9 Å². The molecule has 1 aliphatic heterocycles. The molecule has 19 heavy (non-hydrogen) atoms. The van der Waals surface area contributed by atoms with Gasteiger partial charge in [-0.1, -0.05) is 29.8 Å². The lowest BCUT2D eigenvalue weighted by Crippen LogP contribution is -2.32. The van der Waals surface area contributed by atoms with Gasteiger partial charge in [0.1, 0.15) is 5.15 Å². The van der Waals surface area contributed by atoms with Crippen LogP contribution in [0.4, 0.5) is 0 Å². The molecule has 3 rings (SSSR count). The van der Waals surface area contributed by atoms with Gasteiger partial charge in [0.05, 0.1) is 11.1 Å². The Morgan fingerprint density at radius 2 is 2.21 bits per heavy atom. The predicted octanol–water partition coefficient (Wildman–Crippen LogP) is 2.06. The molecule has 1 aliphatic rings. The minimum atomic E-state index is -0.0200. The van der Waals surface area contributed by atoms with Crippen molar-refractivity contribution in [3.05, 3.63) is 41.0 Å². The normalized spacial score (nSPS) is 19.1. The zero-order valence-electron chi connectivity index (χ0n) is 10.3. The number of hydrogen-bond donors (Lipinski definition) is 1. The number of likely N-dealkylation sites (tertiary alicyclic amines) is 1. The maximum Gasteiger partial charge on any atom is 0.254 e. The van der Waals surface area contributed by atoms with Gasteiger partial charge in [-0.2, -0.15) is 0 Å². The molecule has 2 N–H and O–H groups in total. The monoisotopic (exact) mass is 275 g/mol. The molecule has 2 aromatic rings. The molecule has 1 aromatic carbocycles. The fourth-order valence-corrected chi connectivity index (χ4v) is 2.66. The second kappa shape index (κ2) is 4.79. The van der Waals surface area contributed by atoms with Gasteiger partial charge in [-0.25, -0.2) is 4.98 Å². The Kier molecular flexibility index (Phi) is 3.12. The number of carbonyl (C=O) groups is 1. The minimum absolute atomic E-state index is 0.0200. The summed E-state index contributed by atoms with van der Waals surface area (Å²) in [7, 11) is 0. The van der Waals surface area contributed by atoms with Gasteiger partial charge in [0, 0.05) is 24.5 Å². The number of aromatic nitrogens is 1. The average Bonchev–Trinajstić information content (AvgIpc) is 2.83. The number of rotatable bonds is 1. The van der Waals surface area contributed by atoms with E-state index < -0.39 is 0 Å². The Morgan fingerprint density at radius 1 is 1.42 bits per heavy atom. The van der Waals surface area contributed by atoms with Crippen molar-refractivity contribution in [1.82, 2.24) is 9.88 Å². The number of halogens is 1.